The Bertz CT molecular complexity index is 853. The van der Waals surface area contributed by atoms with Gasteiger partial charge in [-0.15, -0.1) is 0 Å². The van der Waals surface area contributed by atoms with Gasteiger partial charge in [-0.3, -0.25) is 4.90 Å². The van der Waals surface area contributed by atoms with E-state index < -0.39 is 5.97 Å². The summed E-state index contributed by atoms with van der Waals surface area (Å²) in [5.41, 5.74) is 2.47. The predicted octanol–water partition coefficient (Wildman–Crippen LogP) is 0.879. The molecule has 2 N–H and O–H groups in total. The minimum absolute atomic E-state index is 0.187. The molecule has 0 spiro atoms. The molecule has 7 nitrogen and oxygen atoms in total. The number of hydrogen-bond acceptors (Lipinski definition) is 6. The molecule has 1 heterocycles. The molecule has 0 amide bonds. The summed E-state index contributed by atoms with van der Waals surface area (Å²) in [5.74, 6) is -0.176. The fraction of sp³-hybridized carbons (Fsp3) is 0.350. The molecule has 150 valence electrons. The minimum Gasteiger partial charge on any atom is -0.545 e. The van der Waals surface area contributed by atoms with Crippen LogP contribution in [0.3, 0.4) is 0 Å². The maximum absolute atomic E-state index is 11.7. The lowest BCUT2D eigenvalue weighted by molar-refractivity contribution is -0.842. The number of aromatic carboxylic acids is 1. The summed E-state index contributed by atoms with van der Waals surface area (Å²) in [4.78, 5) is 12.7. The van der Waals surface area contributed by atoms with Crippen molar-refractivity contribution in [1.29, 1.82) is 0 Å². The molecule has 8 heteroatoms. The molecule has 1 fully saturated rings. The number of anilines is 1. The quantitative estimate of drug-likeness (QED) is 0.710. The SMILES string of the molecule is COc1cc(CNc2ccc([NH+]3CCOCC3)c(C(=O)[O-])c2)cc(Cl)c1OC. The molecule has 1 aliphatic heterocycles. The molecule has 0 unspecified atom stereocenters. The van der Waals surface area contributed by atoms with Crippen LogP contribution in [0.25, 0.3) is 0 Å². The maximum atomic E-state index is 11.7. The van der Waals surface area contributed by atoms with Crippen molar-refractivity contribution in [3.8, 4) is 11.5 Å². The summed E-state index contributed by atoms with van der Waals surface area (Å²) < 4.78 is 15.9. The summed E-state index contributed by atoms with van der Waals surface area (Å²) in [6, 6.07) is 8.91. The van der Waals surface area contributed by atoms with Crippen LogP contribution in [0.4, 0.5) is 11.4 Å². The Kier molecular flexibility index (Phi) is 6.61. The molecule has 0 radical (unpaired) electrons. The van der Waals surface area contributed by atoms with Crippen molar-refractivity contribution in [1.82, 2.24) is 0 Å². The molecule has 28 heavy (non-hydrogen) atoms. The third-order valence-corrected chi connectivity index (χ3v) is 4.99. The molecular weight excluding hydrogens is 384 g/mol. The van der Waals surface area contributed by atoms with Crippen LogP contribution in [0.1, 0.15) is 15.9 Å². The number of carbonyl (C=O) groups is 1. The zero-order valence-electron chi connectivity index (χ0n) is 15.8. The second-order valence-electron chi connectivity index (χ2n) is 6.43. The average Bonchev–Trinajstić information content (AvgIpc) is 2.72. The van der Waals surface area contributed by atoms with Gasteiger partial charge in [0.1, 0.15) is 18.8 Å². The Labute approximate surface area is 168 Å². The molecule has 0 aromatic heterocycles. The number of carboxylic acids is 1. The lowest BCUT2D eigenvalue weighted by Crippen LogP contribution is -3.09. The van der Waals surface area contributed by atoms with Crippen LogP contribution in [0.5, 0.6) is 11.5 Å². The number of methoxy groups -OCH3 is 2. The van der Waals surface area contributed by atoms with Crippen LogP contribution in [0.2, 0.25) is 5.02 Å². The molecule has 0 aliphatic carbocycles. The van der Waals surface area contributed by atoms with E-state index in [0.29, 0.717) is 42.0 Å². The number of hydrogen-bond donors (Lipinski definition) is 2. The Morgan fingerprint density at radius 3 is 2.61 bits per heavy atom. The number of quaternary nitrogens is 1. The standard InChI is InChI=1S/C20H23ClN2O5/c1-26-18-10-13(9-16(21)19(18)27-2)12-22-14-3-4-17(15(11-14)20(24)25)23-5-7-28-8-6-23/h3-4,9-11,22H,5-8,12H2,1-2H3,(H,24,25). The van der Waals surface area contributed by atoms with Gasteiger partial charge in [-0.05, 0) is 29.8 Å². The van der Waals surface area contributed by atoms with Gasteiger partial charge in [0.05, 0.1) is 44.0 Å². The van der Waals surface area contributed by atoms with Crippen LogP contribution in [-0.4, -0.2) is 46.5 Å². The Hall–Kier alpha value is -2.48. The summed E-state index contributed by atoms with van der Waals surface area (Å²) >= 11 is 6.24. The topological polar surface area (TPSA) is 84.3 Å². The zero-order chi connectivity index (χ0) is 20.1. The lowest BCUT2D eigenvalue weighted by Gasteiger charge is -2.25. The van der Waals surface area contributed by atoms with Crippen molar-refractivity contribution in [3.05, 3.63) is 46.5 Å². The summed E-state index contributed by atoms with van der Waals surface area (Å²) in [6.45, 7) is 3.13. The first-order valence-corrected chi connectivity index (χ1v) is 9.33. The highest BCUT2D eigenvalue weighted by atomic mass is 35.5. The minimum atomic E-state index is -1.19. The highest BCUT2D eigenvalue weighted by Crippen LogP contribution is 2.36. The third-order valence-electron chi connectivity index (χ3n) is 4.71. The Morgan fingerprint density at radius 1 is 1.21 bits per heavy atom. The van der Waals surface area contributed by atoms with Crippen LogP contribution in [0.15, 0.2) is 30.3 Å². The van der Waals surface area contributed by atoms with E-state index in [-0.39, 0.29) is 5.56 Å². The van der Waals surface area contributed by atoms with E-state index in [0.717, 1.165) is 29.2 Å². The zero-order valence-corrected chi connectivity index (χ0v) is 16.6. The van der Waals surface area contributed by atoms with Crippen LogP contribution >= 0.6 is 11.6 Å². The van der Waals surface area contributed by atoms with Gasteiger partial charge in [-0.25, -0.2) is 0 Å². The molecule has 2 aromatic carbocycles. The predicted molar refractivity (Wildman–Crippen MR) is 104 cm³/mol. The number of rotatable bonds is 7. The molecule has 1 aliphatic rings. The van der Waals surface area contributed by atoms with Crippen molar-refractivity contribution in [2.45, 2.75) is 6.54 Å². The average molecular weight is 407 g/mol. The first kappa shape index (κ1) is 20.3. The smallest absolute Gasteiger partial charge is 0.179 e. The molecule has 0 bridgehead atoms. The van der Waals surface area contributed by atoms with Gasteiger partial charge in [-0.2, -0.15) is 0 Å². The van der Waals surface area contributed by atoms with Crippen LogP contribution in [0, 0.1) is 0 Å². The first-order valence-electron chi connectivity index (χ1n) is 8.96. The summed E-state index contributed by atoms with van der Waals surface area (Å²) in [5, 5.41) is 15.3. The number of nitrogens with one attached hydrogen (secondary N) is 2. The van der Waals surface area contributed by atoms with E-state index in [2.05, 4.69) is 5.32 Å². The van der Waals surface area contributed by atoms with Crippen LogP contribution in [-0.2, 0) is 11.3 Å². The second-order valence-corrected chi connectivity index (χ2v) is 6.84. The summed E-state index contributed by atoms with van der Waals surface area (Å²) in [6.07, 6.45) is 0. The van der Waals surface area contributed by atoms with Gasteiger partial charge in [0.15, 0.2) is 11.5 Å². The van der Waals surface area contributed by atoms with E-state index in [9.17, 15) is 9.90 Å². The largest absolute Gasteiger partial charge is 0.545 e. The van der Waals surface area contributed by atoms with Crippen LogP contribution < -0.4 is 24.8 Å². The van der Waals surface area contributed by atoms with Crippen molar-refractivity contribution in [2.24, 2.45) is 0 Å². The van der Waals surface area contributed by atoms with Gasteiger partial charge in [0, 0.05) is 18.3 Å². The number of halogens is 1. The Balaban J connectivity index is 1.78. The first-order chi connectivity index (χ1) is 13.5. The molecule has 1 saturated heterocycles. The molecule has 3 rings (SSSR count). The number of morpholine rings is 1. The highest BCUT2D eigenvalue weighted by molar-refractivity contribution is 6.32. The number of ether oxygens (including phenoxy) is 3. The monoisotopic (exact) mass is 406 g/mol. The van der Waals surface area contributed by atoms with Gasteiger partial charge in [0.2, 0.25) is 0 Å². The number of benzene rings is 2. The molecule has 0 atom stereocenters. The van der Waals surface area contributed by atoms with Gasteiger partial charge in [-0.1, -0.05) is 11.6 Å². The number of carboxylic acid groups (broad SMARTS) is 1. The van der Waals surface area contributed by atoms with Gasteiger partial charge in [0.25, 0.3) is 0 Å². The fourth-order valence-electron chi connectivity index (χ4n) is 3.30. The van der Waals surface area contributed by atoms with E-state index in [1.54, 1.807) is 19.2 Å². The highest BCUT2D eigenvalue weighted by Gasteiger charge is 2.21. The van der Waals surface area contributed by atoms with Gasteiger partial charge < -0.3 is 29.4 Å². The van der Waals surface area contributed by atoms with E-state index in [1.165, 1.54) is 7.11 Å². The third kappa shape index (κ3) is 4.49. The summed E-state index contributed by atoms with van der Waals surface area (Å²) in [7, 11) is 3.07. The normalized spacial score (nSPS) is 14.5. The molecule has 0 saturated carbocycles. The van der Waals surface area contributed by atoms with Crippen molar-refractivity contribution in [3.63, 3.8) is 0 Å². The second kappa shape index (κ2) is 9.14. The van der Waals surface area contributed by atoms with Crippen molar-refractivity contribution >= 4 is 28.9 Å². The van der Waals surface area contributed by atoms with E-state index >= 15 is 0 Å². The van der Waals surface area contributed by atoms with Gasteiger partial charge >= 0.3 is 0 Å². The number of carbonyl (C=O) groups excluding carboxylic acids is 1. The lowest BCUT2D eigenvalue weighted by atomic mass is 10.1. The maximum Gasteiger partial charge on any atom is 0.179 e. The van der Waals surface area contributed by atoms with Crippen molar-refractivity contribution in [2.75, 3.05) is 45.8 Å². The van der Waals surface area contributed by atoms with E-state index in [1.807, 2.05) is 18.2 Å². The van der Waals surface area contributed by atoms with E-state index in [4.69, 9.17) is 25.8 Å². The Morgan fingerprint density at radius 2 is 1.96 bits per heavy atom. The van der Waals surface area contributed by atoms with Crippen molar-refractivity contribution < 1.29 is 29.0 Å². The molecular formula is C20H23ClN2O5. The fourth-order valence-corrected chi connectivity index (χ4v) is 3.61. The molecule has 2 aromatic rings.